The fourth-order valence-corrected chi connectivity index (χ4v) is 4.99. The molecule has 12 heteroatoms. The molecule has 0 aliphatic heterocycles. The maximum absolute atomic E-state index is 12.7. The van der Waals surface area contributed by atoms with E-state index in [2.05, 4.69) is 0 Å². The van der Waals surface area contributed by atoms with Crippen molar-refractivity contribution in [3.63, 3.8) is 0 Å². The topological polar surface area (TPSA) is 142 Å². The van der Waals surface area contributed by atoms with E-state index >= 15 is 0 Å². The van der Waals surface area contributed by atoms with Gasteiger partial charge in [0.2, 0.25) is 0 Å². The quantitative estimate of drug-likeness (QED) is 0.102. The first-order chi connectivity index (χ1) is 21.3. The van der Waals surface area contributed by atoms with E-state index in [0.717, 1.165) is 0 Å². The summed E-state index contributed by atoms with van der Waals surface area (Å²) in [4.78, 5) is 50.8. The fraction of sp³-hybridized carbons (Fsp3) is 0.250. The van der Waals surface area contributed by atoms with Crippen LogP contribution in [0.1, 0.15) is 27.7 Å². The van der Waals surface area contributed by atoms with E-state index in [1.165, 1.54) is 0 Å². The fourth-order valence-electron chi connectivity index (χ4n) is 4.99. The van der Waals surface area contributed by atoms with Crippen molar-refractivity contribution in [3.8, 4) is 23.0 Å². The summed E-state index contributed by atoms with van der Waals surface area (Å²) in [5, 5.41) is 2.38. The zero-order valence-corrected chi connectivity index (χ0v) is 24.3. The Morgan fingerprint density at radius 2 is 0.614 bits per heavy atom. The minimum atomic E-state index is -0.996. The van der Waals surface area contributed by atoms with Gasteiger partial charge in [-0.3, -0.25) is 0 Å². The van der Waals surface area contributed by atoms with Gasteiger partial charge in [-0.2, -0.15) is 0 Å². The lowest BCUT2D eigenvalue weighted by Crippen LogP contribution is -2.17. The Labute approximate surface area is 249 Å². The van der Waals surface area contributed by atoms with Gasteiger partial charge < -0.3 is 37.9 Å². The van der Waals surface area contributed by atoms with Crippen LogP contribution in [0.4, 0.5) is 19.2 Å². The average molecular weight is 605 g/mol. The first kappa shape index (κ1) is 30.0. The van der Waals surface area contributed by atoms with Gasteiger partial charge in [-0.05, 0) is 27.7 Å². The van der Waals surface area contributed by atoms with E-state index in [-0.39, 0.29) is 70.3 Å². The van der Waals surface area contributed by atoms with Crippen LogP contribution in [0.15, 0.2) is 48.5 Å². The van der Waals surface area contributed by atoms with Crippen molar-refractivity contribution in [2.45, 2.75) is 27.7 Å². The number of hydrogen-bond acceptors (Lipinski definition) is 12. The standard InChI is InChI=1S/C32H28O12/c1-5-37-29(33)41-25-17-13-9-10-14-18(17)26(42-30(34)38-6-2)22-21(25)23-24(22)28(44-32(36)40-8-4)20-16-12-11-15-19(20)27(23)43-31(35)39-7-3/h9-16H,5-8H2,1-4H3. The van der Waals surface area contributed by atoms with Crippen LogP contribution in [-0.2, 0) is 18.9 Å². The van der Waals surface area contributed by atoms with Crippen LogP contribution >= 0.6 is 0 Å². The lowest BCUT2D eigenvalue weighted by molar-refractivity contribution is 0.101. The van der Waals surface area contributed by atoms with E-state index in [4.69, 9.17) is 37.9 Å². The Bertz CT molecular complexity index is 1690. The molecule has 0 N–H and O–H groups in total. The predicted octanol–water partition coefficient (Wildman–Crippen LogP) is 7.02. The molecule has 0 amide bonds. The third kappa shape index (κ3) is 5.37. The third-order valence-electron chi connectivity index (χ3n) is 6.53. The summed E-state index contributed by atoms with van der Waals surface area (Å²) in [6, 6.07) is 13.4. The van der Waals surface area contributed by atoms with E-state index in [1.807, 2.05) is 0 Å². The van der Waals surface area contributed by atoms with Crippen molar-refractivity contribution in [1.29, 1.82) is 0 Å². The maximum atomic E-state index is 12.7. The Kier molecular flexibility index (Phi) is 8.70. The van der Waals surface area contributed by atoms with E-state index in [9.17, 15) is 19.2 Å². The third-order valence-corrected chi connectivity index (χ3v) is 6.53. The first-order valence-electron chi connectivity index (χ1n) is 13.9. The van der Waals surface area contributed by atoms with Crippen molar-refractivity contribution in [2.24, 2.45) is 0 Å². The molecule has 0 spiro atoms. The first-order valence-corrected chi connectivity index (χ1v) is 13.9. The SMILES string of the molecule is CCOC(=O)Oc1c2c(c(OC(=O)OCC)c3ccccc13)=c1c(OC(=O)OCC)c3ccccc3c(OC(=O)OCC)c1=2. The molecular weight excluding hydrogens is 576 g/mol. The maximum Gasteiger partial charge on any atom is 0.513 e. The van der Waals surface area contributed by atoms with Gasteiger partial charge >= 0.3 is 24.6 Å². The van der Waals surface area contributed by atoms with Crippen molar-refractivity contribution in [2.75, 3.05) is 26.4 Å². The van der Waals surface area contributed by atoms with Crippen molar-refractivity contribution < 1.29 is 57.1 Å². The molecule has 228 valence electrons. The van der Waals surface area contributed by atoms with Gasteiger partial charge in [-0.25, -0.2) is 19.2 Å². The second-order valence-electron chi connectivity index (χ2n) is 9.05. The molecule has 4 aromatic rings. The van der Waals surface area contributed by atoms with E-state index < -0.39 is 24.6 Å². The lowest BCUT2D eigenvalue weighted by atomic mass is 9.91. The van der Waals surface area contributed by atoms with Crippen LogP contribution < -0.4 is 18.9 Å². The summed E-state index contributed by atoms with van der Waals surface area (Å²) in [5.41, 5.74) is 0. The minimum Gasteiger partial charge on any atom is -0.434 e. The molecule has 0 fully saturated rings. The summed E-state index contributed by atoms with van der Waals surface area (Å²) >= 11 is 0. The zero-order chi connectivity index (χ0) is 31.4. The zero-order valence-electron chi connectivity index (χ0n) is 24.3. The van der Waals surface area contributed by atoms with Gasteiger partial charge in [0.05, 0.1) is 26.4 Å². The summed E-state index contributed by atoms with van der Waals surface area (Å²) in [5.74, 6) is 0.125. The molecule has 0 radical (unpaired) electrons. The van der Waals surface area contributed by atoms with Crippen LogP contribution in [0.3, 0.4) is 0 Å². The molecule has 1 aliphatic rings. The lowest BCUT2D eigenvalue weighted by Gasteiger charge is -2.22. The molecule has 4 aromatic carbocycles. The molecule has 0 atom stereocenters. The normalized spacial score (nSPS) is 11.0. The average Bonchev–Trinajstić information content (AvgIpc) is 2.98. The highest BCUT2D eigenvalue weighted by molar-refractivity contribution is 6.00. The number of hydrogen-bond donors (Lipinski definition) is 0. The largest absolute Gasteiger partial charge is 0.513 e. The van der Waals surface area contributed by atoms with Gasteiger partial charge in [-0.15, -0.1) is 0 Å². The second kappa shape index (κ2) is 12.8. The molecule has 0 unspecified atom stereocenters. The highest BCUT2D eigenvalue weighted by Gasteiger charge is 2.30. The number of carbonyl (C=O) groups excluding carboxylic acids is 4. The van der Waals surface area contributed by atoms with Crippen LogP contribution in [0.25, 0.3) is 21.5 Å². The van der Waals surface area contributed by atoms with Crippen molar-refractivity contribution >= 4 is 46.2 Å². The van der Waals surface area contributed by atoms with Crippen LogP contribution in [0.5, 0.6) is 23.0 Å². The molecule has 5 rings (SSSR count). The number of benzene rings is 4. The Morgan fingerprint density at radius 1 is 0.409 bits per heavy atom. The number of fused-ring (bicyclic) bond motifs is 4. The monoisotopic (exact) mass is 604 g/mol. The van der Waals surface area contributed by atoms with Crippen molar-refractivity contribution in [3.05, 3.63) is 69.4 Å². The van der Waals surface area contributed by atoms with Gasteiger partial charge in [0.1, 0.15) is 0 Å². The van der Waals surface area contributed by atoms with Gasteiger partial charge in [0.15, 0.2) is 23.0 Å². The molecule has 0 saturated heterocycles. The molecule has 1 aliphatic carbocycles. The summed E-state index contributed by atoms with van der Waals surface area (Å²) < 4.78 is 43.2. The number of carbonyl (C=O) groups is 4. The molecular formula is C32H28O12. The molecule has 0 heterocycles. The number of ether oxygens (including phenoxy) is 8. The molecule has 0 aromatic heterocycles. The highest BCUT2D eigenvalue weighted by Crippen LogP contribution is 2.47. The van der Waals surface area contributed by atoms with Gasteiger partial charge in [-0.1, -0.05) is 48.5 Å². The Morgan fingerprint density at radius 3 is 0.795 bits per heavy atom. The second-order valence-corrected chi connectivity index (χ2v) is 9.05. The molecule has 12 nitrogen and oxygen atoms in total. The van der Waals surface area contributed by atoms with Gasteiger partial charge in [0, 0.05) is 42.4 Å². The summed E-state index contributed by atoms with van der Waals surface area (Å²) in [6.45, 7) is 6.66. The van der Waals surface area contributed by atoms with E-state index in [1.54, 1.807) is 76.2 Å². The predicted molar refractivity (Wildman–Crippen MR) is 154 cm³/mol. The van der Waals surface area contributed by atoms with Crippen LogP contribution in [0.2, 0.25) is 0 Å². The molecule has 0 saturated carbocycles. The highest BCUT2D eigenvalue weighted by atomic mass is 16.7. The number of rotatable bonds is 8. The minimum absolute atomic E-state index is 0.0313. The summed E-state index contributed by atoms with van der Waals surface area (Å²) in [6.07, 6.45) is -3.99. The smallest absolute Gasteiger partial charge is 0.434 e. The molecule has 0 bridgehead atoms. The summed E-state index contributed by atoms with van der Waals surface area (Å²) in [7, 11) is 0. The van der Waals surface area contributed by atoms with E-state index in [0.29, 0.717) is 21.5 Å². The van der Waals surface area contributed by atoms with Gasteiger partial charge in [0.25, 0.3) is 0 Å². The van der Waals surface area contributed by atoms with Crippen LogP contribution in [-0.4, -0.2) is 51.0 Å². The Balaban J connectivity index is 2.03. The Hall–Kier alpha value is -5.52. The van der Waals surface area contributed by atoms with Crippen LogP contribution in [0, 0.1) is 20.9 Å². The van der Waals surface area contributed by atoms with Crippen molar-refractivity contribution in [1.82, 2.24) is 0 Å². The molecule has 44 heavy (non-hydrogen) atoms.